The average molecular weight is 360 g/mol. The number of aromatic nitrogens is 2. The largest absolute Gasteiger partial charge is 0.339 e. The van der Waals surface area contributed by atoms with Gasteiger partial charge in [-0.3, -0.25) is 4.79 Å². The van der Waals surface area contributed by atoms with Gasteiger partial charge < -0.3 is 10.2 Å². The predicted molar refractivity (Wildman–Crippen MR) is 95.6 cm³/mol. The lowest BCUT2D eigenvalue weighted by molar-refractivity contribution is -0.116. The minimum absolute atomic E-state index is 0.0392. The molecule has 3 rings (SSSR count). The maximum atomic E-state index is 11.9. The number of carbonyl (C=O) groups excluding carboxylic acids is 1. The second kappa shape index (κ2) is 6.44. The minimum atomic E-state index is -3.36. The summed E-state index contributed by atoms with van der Waals surface area (Å²) in [5, 5.41) is 10.6. The highest BCUT2D eigenvalue weighted by Crippen LogP contribution is 2.38. The van der Waals surface area contributed by atoms with E-state index < -0.39 is 9.84 Å². The maximum Gasteiger partial charge on any atom is 0.224 e. The Morgan fingerprint density at radius 2 is 1.80 bits per heavy atom. The summed E-state index contributed by atoms with van der Waals surface area (Å²) in [5.74, 6) is 1.02. The molecule has 7 nitrogen and oxygen atoms in total. The number of carbonyl (C=O) groups is 1. The van der Waals surface area contributed by atoms with Gasteiger partial charge in [-0.25, -0.2) is 8.42 Å². The van der Waals surface area contributed by atoms with Crippen LogP contribution < -0.4 is 10.2 Å². The number of amides is 1. The first-order chi connectivity index (χ1) is 11.8. The molecule has 8 heteroatoms. The Hall–Kier alpha value is -2.48. The molecule has 1 fully saturated rings. The third-order valence-corrected chi connectivity index (χ3v) is 5.15. The highest BCUT2D eigenvalue weighted by molar-refractivity contribution is 7.90. The van der Waals surface area contributed by atoms with Crippen molar-refractivity contribution in [1.29, 1.82) is 0 Å². The third kappa shape index (κ3) is 3.96. The van der Waals surface area contributed by atoms with E-state index in [-0.39, 0.29) is 17.0 Å². The van der Waals surface area contributed by atoms with E-state index in [1.54, 1.807) is 13.0 Å². The van der Waals surface area contributed by atoms with Crippen molar-refractivity contribution < 1.29 is 13.2 Å². The van der Waals surface area contributed by atoms with Gasteiger partial charge in [-0.15, -0.1) is 10.2 Å². The van der Waals surface area contributed by atoms with Crippen LogP contribution in [-0.2, 0) is 14.6 Å². The number of hydrogen-bond donors (Lipinski definition) is 1. The van der Waals surface area contributed by atoms with E-state index in [1.807, 2.05) is 29.2 Å². The van der Waals surface area contributed by atoms with Crippen molar-refractivity contribution in [1.82, 2.24) is 10.2 Å². The van der Waals surface area contributed by atoms with Crippen molar-refractivity contribution in [2.75, 3.05) is 16.5 Å². The first kappa shape index (κ1) is 17.3. The van der Waals surface area contributed by atoms with Crippen molar-refractivity contribution in [2.45, 2.75) is 31.3 Å². The Bertz CT molecular complexity index is 879. The number of nitrogens with one attached hydrogen (secondary N) is 1. The maximum absolute atomic E-state index is 11.9. The quantitative estimate of drug-likeness (QED) is 0.880. The summed E-state index contributed by atoms with van der Waals surface area (Å²) in [4.78, 5) is 13.7. The van der Waals surface area contributed by atoms with E-state index in [4.69, 9.17) is 0 Å². The summed E-state index contributed by atoms with van der Waals surface area (Å²) < 4.78 is 22.8. The fourth-order valence-corrected chi connectivity index (χ4v) is 3.21. The number of hydrogen-bond acceptors (Lipinski definition) is 6. The van der Waals surface area contributed by atoms with Crippen LogP contribution in [0.2, 0.25) is 0 Å². The molecule has 132 valence electrons. The summed E-state index contributed by atoms with van der Waals surface area (Å²) in [7, 11) is -3.36. The van der Waals surface area contributed by atoms with Crippen LogP contribution in [0, 0.1) is 5.92 Å². The predicted octanol–water partition coefficient (Wildman–Crippen LogP) is 2.39. The first-order valence-corrected chi connectivity index (χ1v) is 9.85. The van der Waals surface area contributed by atoms with Gasteiger partial charge >= 0.3 is 0 Å². The van der Waals surface area contributed by atoms with Gasteiger partial charge in [-0.1, -0.05) is 6.92 Å². The van der Waals surface area contributed by atoms with Crippen LogP contribution in [0.5, 0.6) is 0 Å². The molecule has 0 spiro atoms. The van der Waals surface area contributed by atoms with E-state index in [0.717, 1.165) is 24.1 Å². The lowest BCUT2D eigenvalue weighted by Crippen LogP contribution is -2.31. The van der Waals surface area contributed by atoms with E-state index >= 15 is 0 Å². The molecule has 2 atom stereocenters. The Morgan fingerprint density at radius 1 is 1.16 bits per heavy atom. The van der Waals surface area contributed by atoms with Crippen LogP contribution in [0.4, 0.5) is 17.2 Å². The zero-order chi connectivity index (χ0) is 18.2. The monoisotopic (exact) mass is 360 g/mol. The molecule has 1 amide bonds. The van der Waals surface area contributed by atoms with Gasteiger partial charge in [0.15, 0.2) is 20.7 Å². The van der Waals surface area contributed by atoms with Gasteiger partial charge in [-0.2, -0.15) is 0 Å². The molecule has 0 bridgehead atoms. The summed E-state index contributed by atoms with van der Waals surface area (Å²) >= 11 is 0. The highest BCUT2D eigenvalue weighted by Gasteiger charge is 2.40. The summed E-state index contributed by atoms with van der Waals surface area (Å²) in [6, 6.07) is 10.7. The number of anilines is 3. The molecule has 1 saturated carbocycles. The Morgan fingerprint density at radius 3 is 2.24 bits per heavy atom. The van der Waals surface area contributed by atoms with Gasteiger partial charge in [0.25, 0.3) is 0 Å². The summed E-state index contributed by atoms with van der Waals surface area (Å²) in [5.41, 5.74) is 1.64. The fourth-order valence-electron chi connectivity index (χ4n) is 2.71. The molecule has 1 aliphatic carbocycles. The third-order valence-electron chi connectivity index (χ3n) is 4.18. The molecule has 1 heterocycles. The highest BCUT2D eigenvalue weighted by atomic mass is 32.2. The molecule has 0 saturated heterocycles. The summed E-state index contributed by atoms with van der Waals surface area (Å²) in [6.07, 6.45) is 2.12. The lowest BCUT2D eigenvalue weighted by Gasteiger charge is -2.21. The molecule has 25 heavy (non-hydrogen) atoms. The van der Waals surface area contributed by atoms with Crippen LogP contribution in [-0.4, -0.2) is 36.8 Å². The average Bonchev–Trinajstić information content (AvgIpc) is 3.25. The second-order valence-electron chi connectivity index (χ2n) is 6.37. The number of nitrogens with zero attached hydrogens (tertiary/aromatic N) is 3. The van der Waals surface area contributed by atoms with E-state index in [1.165, 1.54) is 6.07 Å². The second-order valence-corrected chi connectivity index (χ2v) is 8.33. The number of sulfone groups is 1. The van der Waals surface area contributed by atoms with E-state index in [0.29, 0.717) is 11.7 Å². The smallest absolute Gasteiger partial charge is 0.224 e. The minimum Gasteiger partial charge on any atom is -0.339 e. The molecule has 2 unspecified atom stereocenters. The van der Waals surface area contributed by atoms with Crippen LogP contribution in [0.15, 0.2) is 41.4 Å². The van der Waals surface area contributed by atoms with Gasteiger partial charge in [0.05, 0.1) is 0 Å². The molecular weight excluding hydrogens is 340 g/mol. The van der Waals surface area contributed by atoms with Crippen molar-refractivity contribution in [3.05, 3.63) is 36.4 Å². The molecule has 1 aromatic heterocycles. The van der Waals surface area contributed by atoms with E-state index in [9.17, 15) is 13.2 Å². The molecular formula is C17H20N4O3S. The topological polar surface area (TPSA) is 92.3 Å². The zero-order valence-electron chi connectivity index (χ0n) is 14.3. The van der Waals surface area contributed by atoms with Gasteiger partial charge in [0.1, 0.15) is 0 Å². The van der Waals surface area contributed by atoms with Crippen LogP contribution >= 0.6 is 0 Å². The fraction of sp³-hybridized carbons (Fsp3) is 0.353. The standard InChI is InChI=1S/C17H20N4O3S/c1-11-10-15(11)21(12(2)22)14-6-4-13(5-7-14)18-16-8-9-17(20-19-16)25(3,23)24/h4-9,11,15H,10H2,1-3H3,(H,18,19). The zero-order valence-corrected chi connectivity index (χ0v) is 15.1. The summed E-state index contributed by atoms with van der Waals surface area (Å²) in [6.45, 7) is 3.71. The normalized spacial score (nSPS) is 19.3. The SMILES string of the molecule is CC(=O)N(c1ccc(Nc2ccc(S(C)(=O)=O)nn2)cc1)C1CC1C. The lowest BCUT2D eigenvalue weighted by atomic mass is 10.2. The molecule has 2 aromatic rings. The van der Waals surface area contributed by atoms with E-state index in [2.05, 4.69) is 22.4 Å². The molecule has 1 N–H and O–H groups in total. The Balaban J connectivity index is 1.73. The van der Waals surface area contributed by atoms with Crippen LogP contribution in [0.3, 0.4) is 0 Å². The first-order valence-electron chi connectivity index (χ1n) is 7.96. The molecule has 0 aliphatic heterocycles. The van der Waals surface area contributed by atoms with Gasteiger partial charge in [-0.05, 0) is 48.7 Å². The molecule has 0 radical (unpaired) electrons. The van der Waals surface area contributed by atoms with Crippen LogP contribution in [0.25, 0.3) is 0 Å². The van der Waals surface area contributed by atoms with Crippen molar-refractivity contribution in [3.63, 3.8) is 0 Å². The van der Waals surface area contributed by atoms with Gasteiger partial charge in [0, 0.05) is 30.6 Å². The van der Waals surface area contributed by atoms with Crippen LogP contribution in [0.1, 0.15) is 20.3 Å². The molecule has 1 aliphatic rings. The Kier molecular flexibility index (Phi) is 4.47. The number of rotatable bonds is 5. The number of benzene rings is 1. The Labute approximate surface area is 147 Å². The van der Waals surface area contributed by atoms with Crippen molar-refractivity contribution >= 4 is 32.9 Å². The van der Waals surface area contributed by atoms with Crippen molar-refractivity contribution in [2.24, 2.45) is 5.92 Å². The van der Waals surface area contributed by atoms with Crippen molar-refractivity contribution in [3.8, 4) is 0 Å². The molecule has 1 aromatic carbocycles. The van der Waals surface area contributed by atoms with Gasteiger partial charge in [0.2, 0.25) is 5.91 Å².